The SMILES string of the molecule is Cc1cc(=O)c(C(=O)Nc2cccc(O)c2)nn1-c1ccccc1C(F)(F)F. The molecule has 6 nitrogen and oxygen atoms in total. The van der Waals surface area contributed by atoms with Crippen LogP contribution in [0.15, 0.2) is 59.4 Å². The van der Waals surface area contributed by atoms with E-state index in [2.05, 4.69) is 10.4 Å². The van der Waals surface area contributed by atoms with Gasteiger partial charge in [0.05, 0.1) is 11.3 Å². The van der Waals surface area contributed by atoms with Gasteiger partial charge >= 0.3 is 6.18 Å². The molecule has 0 spiro atoms. The molecule has 144 valence electrons. The highest BCUT2D eigenvalue weighted by atomic mass is 19.4. The second-order valence-corrected chi connectivity index (χ2v) is 5.93. The zero-order valence-electron chi connectivity index (χ0n) is 14.5. The summed E-state index contributed by atoms with van der Waals surface area (Å²) in [5, 5.41) is 15.7. The van der Waals surface area contributed by atoms with Crippen LogP contribution in [0.5, 0.6) is 5.75 Å². The van der Waals surface area contributed by atoms with Crippen LogP contribution in [0.25, 0.3) is 5.69 Å². The molecule has 0 aliphatic rings. The Hall–Kier alpha value is -3.62. The number of para-hydroxylation sites is 1. The summed E-state index contributed by atoms with van der Waals surface area (Å²) in [4.78, 5) is 24.6. The summed E-state index contributed by atoms with van der Waals surface area (Å²) in [6, 6.07) is 11.4. The van der Waals surface area contributed by atoms with Crippen molar-refractivity contribution in [2.75, 3.05) is 5.32 Å². The van der Waals surface area contributed by atoms with Gasteiger partial charge in [0, 0.05) is 23.5 Å². The Morgan fingerprint density at radius 2 is 1.82 bits per heavy atom. The predicted octanol–water partition coefficient (Wildman–Crippen LogP) is 3.52. The third kappa shape index (κ3) is 3.88. The minimum absolute atomic E-state index is 0.105. The van der Waals surface area contributed by atoms with E-state index in [9.17, 15) is 27.9 Å². The van der Waals surface area contributed by atoms with Gasteiger partial charge in [0.2, 0.25) is 5.43 Å². The van der Waals surface area contributed by atoms with Crippen LogP contribution in [0, 0.1) is 6.92 Å². The number of alkyl halides is 3. The van der Waals surface area contributed by atoms with E-state index in [1.807, 2.05) is 0 Å². The summed E-state index contributed by atoms with van der Waals surface area (Å²) in [5.74, 6) is -1.01. The van der Waals surface area contributed by atoms with Gasteiger partial charge in [0.15, 0.2) is 5.69 Å². The summed E-state index contributed by atoms with van der Waals surface area (Å²) in [5.41, 5.74) is -2.24. The Kier molecular flexibility index (Phi) is 4.91. The highest BCUT2D eigenvalue weighted by Crippen LogP contribution is 2.33. The summed E-state index contributed by atoms with van der Waals surface area (Å²) >= 11 is 0. The molecule has 1 aromatic heterocycles. The fraction of sp³-hybridized carbons (Fsp3) is 0.105. The van der Waals surface area contributed by atoms with Gasteiger partial charge in [-0.05, 0) is 31.2 Å². The number of carbonyl (C=O) groups is 1. The minimum atomic E-state index is -4.64. The Balaban J connectivity index is 2.08. The van der Waals surface area contributed by atoms with Crippen molar-refractivity contribution in [1.29, 1.82) is 0 Å². The van der Waals surface area contributed by atoms with Crippen molar-refractivity contribution in [1.82, 2.24) is 9.78 Å². The van der Waals surface area contributed by atoms with Crippen molar-refractivity contribution < 1.29 is 23.1 Å². The Labute approximate surface area is 156 Å². The van der Waals surface area contributed by atoms with Crippen LogP contribution in [0.2, 0.25) is 0 Å². The molecule has 0 aliphatic heterocycles. The van der Waals surface area contributed by atoms with Crippen molar-refractivity contribution in [2.24, 2.45) is 0 Å². The zero-order chi connectivity index (χ0) is 20.5. The Morgan fingerprint density at radius 1 is 1.11 bits per heavy atom. The van der Waals surface area contributed by atoms with E-state index in [0.717, 1.165) is 16.8 Å². The lowest BCUT2D eigenvalue weighted by Crippen LogP contribution is -2.27. The van der Waals surface area contributed by atoms with Crippen LogP contribution < -0.4 is 10.7 Å². The highest BCUT2D eigenvalue weighted by molar-refractivity contribution is 6.02. The van der Waals surface area contributed by atoms with Crippen LogP contribution in [0.3, 0.4) is 0 Å². The maximum absolute atomic E-state index is 13.3. The van der Waals surface area contributed by atoms with E-state index in [1.54, 1.807) is 0 Å². The number of hydrogen-bond acceptors (Lipinski definition) is 4. The summed E-state index contributed by atoms with van der Waals surface area (Å²) in [6.07, 6.45) is -4.64. The first-order chi connectivity index (χ1) is 13.2. The van der Waals surface area contributed by atoms with E-state index in [1.165, 1.54) is 49.4 Å². The van der Waals surface area contributed by atoms with E-state index < -0.39 is 28.8 Å². The molecule has 0 saturated carbocycles. The van der Waals surface area contributed by atoms with Crippen molar-refractivity contribution in [3.8, 4) is 11.4 Å². The smallest absolute Gasteiger partial charge is 0.418 e. The summed E-state index contributed by atoms with van der Waals surface area (Å²) < 4.78 is 40.9. The van der Waals surface area contributed by atoms with Gasteiger partial charge in [-0.1, -0.05) is 18.2 Å². The zero-order valence-corrected chi connectivity index (χ0v) is 14.5. The second-order valence-electron chi connectivity index (χ2n) is 5.93. The number of phenolic OH excluding ortho intramolecular Hbond substituents is 1. The van der Waals surface area contributed by atoms with E-state index in [0.29, 0.717) is 0 Å². The van der Waals surface area contributed by atoms with Gasteiger partial charge in [-0.3, -0.25) is 9.59 Å². The third-order valence-corrected chi connectivity index (χ3v) is 3.86. The molecule has 0 atom stereocenters. The predicted molar refractivity (Wildman–Crippen MR) is 95.6 cm³/mol. The lowest BCUT2D eigenvalue weighted by atomic mass is 10.1. The number of phenols is 1. The Morgan fingerprint density at radius 3 is 2.50 bits per heavy atom. The molecule has 3 rings (SSSR count). The number of aryl methyl sites for hydroxylation is 1. The Bertz CT molecular complexity index is 1110. The summed E-state index contributed by atoms with van der Waals surface area (Å²) in [6.45, 7) is 1.42. The second kappa shape index (κ2) is 7.18. The molecule has 2 aromatic carbocycles. The molecule has 0 saturated heterocycles. The van der Waals surface area contributed by atoms with Crippen LogP contribution in [-0.4, -0.2) is 20.8 Å². The van der Waals surface area contributed by atoms with E-state index in [4.69, 9.17) is 0 Å². The molecular formula is C19H14F3N3O3. The van der Waals surface area contributed by atoms with Gasteiger partial charge in [0.1, 0.15) is 5.75 Å². The van der Waals surface area contributed by atoms with Gasteiger partial charge in [0.25, 0.3) is 5.91 Å². The molecule has 9 heteroatoms. The lowest BCUT2D eigenvalue weighted by Gasteiger charge is -2.16. The quantitative estimate of drug-likeness (QED) is 0.718. The number of benzene rings is 2. The lowest BCUT2D eigenvalue weighted by molar-refractivity contribution is -0.137. The largest absolute Gasteiger partial charge is 0.508 e. The molecule has 0 aliphatic carbocycles. The molecule has 1 amide bonds. The molecule has 0 fully saturated rings. The van der Waals surface area contributed by atoms with Gasteiger partial charge < -0.3 is 10.4 Å². The molecule has 28 heavy (non-hydrogen) atoms. The molecule has 0 radical (unpaired) electrons. The van der Waals surface area contributed by atoms with Gasteiger partial charge in [-0.25, -0.2) is 4.68 Å². The number of carbonyl (C=O) groups excluding carboxylic acids is 1. The number of nitrogens with one attached hydrogen (secondary N) is 1. The first-order valence-corrected chi connectivity index (χ1v) is 8.05. The highest BCUT2D eigenvalue weighted by Gasteiger charge is 2.34. The molecule has 1 heterocycles. The van der Waals surface area contributed by atoms with Crippen molar-refractivity contribution in [3.05, 3.63) is 81.8 Å². The van der Waals surface area contributed by atoms with Crippen molar-refractivity contribution >= 4 is 11.6 Å². The first kappa shape index (κ1) is 19.2. The standard InChI is InChI=1S/C19H14F3N3O3/c1-11-9-16(27)17(18(28)23-12-5-4-6-13(26)10-12)24-25(11)15-8-3-2-7-14(15)19(20,21)22/h2-10,26H,1H3,(H,23,28). The van der Waals surface area contributed by atoms with E-state index >= 15 is 0 Å². The third-order valence-electron chi connectivity index (χ3n) is 3.86. The molecule has 0 unspecified atom stereocenters. The number of amides is 1. The number of aromatic nitrogens is 2. The fourth-order valence-electron chi connectivity index (χ4n) is 2.62. The average Bonchev–Trinajstić information content (AvgIpc) is 2.61. The number of rotatable bonds is 3. The first-order valence-electron chi connectivity index (χ1n) is 8.05. The number of anilines is 1. The van der Waals surface area contributed by atoms with Gasteiger partial charge in [-0.15, -0.1) is 0 Å². The van der Waals surface area contributed by atoms with Gasteiger partial charge in [-0.2, -0.15) is 18.3 Å². The number of aromatic hydroxyl groups is 1. The van der Waals surface area contributed by atoms with Crippen LogP contribution in [-0.2, 0) is 6.18 Å². The molecule has 2 N–H and O–H groups in total. The normalized spacial score (nSPS) is 11.3. The van der Waals surface area contributed by atoms with Crippen molar-refractivity contribution in [3.63, 3.8) is 0 Å². The number of hydrogen-bond donors (Lipinski definition) is 2. The maximum Gasteiger partial charge on any atom is 0.418 e. The minimum Gasteiger partial charge on any atom is -0.508 e. The molecule has 0 bridgehead atoms. The number of nitrogens with zero attached hydrogens (tertiary/aromatic N) is 2. The topological polar surface area (TPSA) is 84.2 Å². The molecular weight excluding hydrogens is 375 g/mol. The van der Waals surface area contributed by atoms with Crippen LogP contribution in [0.4, 0.5) is 18.9 Å². The fourth-order valence-corrected chi connectivity index (χ4v) is 2.62. The maximum atomic E-state index is 13.3. The van der Waals surface area contributed by atoms with Crippen molar-refractivity contribution in [2.45, 2.75) is 13.1 Å². The monoisotopic (exact) mass is 389 g/mol. The van der Waals surface area contributed by atoms with E-state index in [-0.39, 0.29) is 22.8 Å². The van der Waals surface area contributed by atoms with Crippen LogP contribution >= 0.6 is 0 Å². The number of halogens is 3. The molecule has 3 aromatic rings. The average molecular weight is 389 g/mol. The van der Waals surface area contributed by atoms with Crippen LogP contribution in [0.1, 0.15) is 21.7 Å². The summed E-state index contributed by atoms with van der Waals surface area (Å²) in [7, 11) is 0.